The highest BCUT2D eigenvalue weighted by Crippen LogP contribution is 2.27. The number of aromatic nitrogens is 2. The lowest BCUT2D eigenvalue weighted by atomic mass is 9.96. The van der Waals surface area contributed by atoms with E-state index in [0.29, 0.717) is 17.7 Å². The van der Waals surface area contributed by atoms with Crippen molar-refractivity contribution in [2.45, 2.75) is 24.6 Å². The lowest BCUT2D eigenvalue weighted by molar-refractivity contribution is 0.248. The van der Waals surface area contributed by atoms with E-state index < -0.39 is 0 Å². The van der Waals surface area contributed by atoms with E-state index in [4.69, 9.17) is 16.1 Å². The van der Waals surface area contributed by atoms with Crippen molar-refractivity contribution < 1.29 is 4.52 Å². The average molecular weight is 292 g/mol. The molecule has 0 bridgehead atoms. The van der Waals surface area contributed by atoms with Crippen LogP contribution in [0.15, 0.2) is 28.8 Å². The Bertz CT molecular complexity index is 576. The van der Waals surface area contributed by atoms with Crippen molar-refractivity contribution in [2.75, 3.05) is 20.1 Å². The first kappa shape index (κ1) is 13.6. The molecule has 0 N–H and O–H groups in total. The highest BCUT2D eigenvalue weighted by molar-refractivity contribution is 6.17. The second kappa shape index (κ2) is 5.94. The van der Waals surface area contributed by atoms with Gasteiger partial charge in [0.25, 0.3) is 5.89 Å². The van der Waals surface area contributed by atoms with Crippen LogP contribution in [0.4, 0.5) is 0 Å². The molecule has 4 nitrogen and oxygen atoms in total. The number of piperidine rings is 1. The number of likely N-dealkylation sites (tertiary alicyclic amines) is 1. The molecule has 3 rings (SSSR count). The summed E-state index contributed by atoms with van der Waals surface area (Å²) in [6.45, 7) is 2.19. The van der Waals surface area contributed by atoms with Gasteiger partial charge >= 0.3 is 0 Å². The summed E-state index contributed by atoms with van der Waals surface area (Å²) in [5.41, 5.74) is 2.00. The highest BCUT2D eigenvalue weighted by Gasteiger charge is 2.23. The third-order valence-corrected chi connectivity index (χ3v) is 4.16. The van der Waals surface area contributed by atoms with E-state index in [9.17, 15) is 0 Å². The summed E-state index contributed by atoms with van der Waals surface area (Å²) < 4.78 is 5.41. The molecular weight excluding hydrogens is 274 g/mol. The van der Waals surface area contributed by atoms with Crippen LogP contribution in [-0.4, -0.2) is 35.2 Å². The smallest absolute Gasteiger partial charge is 0.257 e. The van der Waals surface area contributed by atoms with Gasteiger partial charge in [-0.15, -0.1) is 11.6 Å². The number of rotatable bonds is 3. The molecule has 5 heteroatoms. The molecule has 1 aliphatic rings. The predicted molar refractivity (Wildman–Crippen MR) is 78.8 cm³/mol. The maximum Gasteiger partial charge on any atom is 0.257 e. The largest absolute Gasteiger partial charge is 0.334 e. The van der Waals surface area contributed by atoms with Gasteiger partial charge in [0.15, 0.2) is 5.82 Å². The average Bonchev–Trinajstić information content (AvgIpc) is 2.98. The summed E-state index contributed by atoms with van der Waals surface area (Å²) in [6, 6.07) is 7.93. The number of benzene rings is 1. The fourth-order valence-electron chi connectivity index (χ4n) is 2.57. The summed E-state index contributed by atoms with van der Waals surface area (Å²) in [6.07, 6.45) is 2.19. The van der Waals surface area contributed by atoms with E-state index in [0.717, 1.165) is 42.9 Å². The fourth-order valence-corrected chi connectivity index (χ4v) is 2.74. The molecule has 0 spiro atoms. The third kappa shape index (κ3) is 2.86. The number of alkyl halides is 1. The highest BCUT2D eigenvalue weighted by atomic mass is 35.5. The summed E-state index contributed by atoms with van der Waals surface area (Å²) in [4.78, 5) is 6.90. The van der Waals surface area contributed by atoms with Crippen molar-refractivity contribution in [1.29, 1.82) is 0 Å². The molecule has 2 aromatic rings. The zero-order valence-corrected chi connectivity index (χ0v) is 12.3. The molecule has 1 fully saturated rings. The molecule has 1 aromatic heterocycles. The first-order valence-corrected chi connectivity index (χ1v) is 7.47. The van der Waals surface area contributed by atoms with Crippen LogP contribution in [0.3, 0.4) is 0 Å². The Morgan fingerprint density at radius 2 is 2.15 bits per heavy atom. The fraction of sp³-hybridized carbons (Fsp3) is 0.467. The monoisotopic (exact) mass is 291 g/mol. The Hall–Kier alpha value is -1.39. The topological polar surface area (TPSA) is 42.2 Å². The van der Waals surface area contributed by atoms with E-state index in [-0.39, 0.29) is 0 Å². The molecule has 1 saturated heterocycles. The van der Waals surface area contributed by atoms with Crippen molar-refractivity contribution in [1.82, 2.24) is 15.0 Å². The summed E-state index contributed by atoms with van der Waals surface area (Å²) in [5.74, 6) is 2.33. The van der Waals surface area contributed by atoms with Gasteiger partial charge in [-0.2, -0.15) is 4.98 Å². The molecule has 0 radical (unpaired) electrons. The first-order chi connectivity index (χ1) is 9.76. The number of halogens is 1. The Morgan fingerprint density at radius 3 is 2.90 bits per heavy atom. The molecule has 1 aromatic carbocycles. The van der Waals surface area contributed by atoms with Crippen LogP contribution < -0.4 is 0 Å². The Morgan fingerprint density at radius 1 is 1.35 bits per heavy atom. The molecule has 1 aliphatic heterocycles. The standard InChI is InChI=1S/C15H18ClN3O/c1-19-7-5-12(6-8-19)14-17-15(20-18-14)13-4-2-3-11(9-13)10-16/h2-4,9,12H,5-8,10H2,1H3. The van der Waals surface area contributed by atoms with E-state index in [1.807, 2.05) is 24.3 Å². The van der Waals surface area contributed by atoms with Gasteiger partial charge in [-0.1, -0.05) is 17.3 Å². The molecule has 20 heavy (non-hydrogen) atoms. The molecule has 0 amide bonds. The molecule has 0 atom stereocenters. The molecule has 2 heterocycles. The van der Waals surface area contributed by atoms with Crippen LogP contribution in [0.25, 0.3) is 11.5 Å². The van der Waals surface area contributed by atoms with Gasteiger partial charge < -0.3 is 9.42 Å². The van der Waals surface area contributed by atoms with E-state index in [2.05, 4.69) is 22.1 Å². The first-order valence-electron chi connectivity index (χ1n) is 6.93. The lowest BCUT2D eigenvalue weighted by Crippen LogP contribution is -2.29. The van der Waals surface area contributed by atoms with Crippen molar-refractivity contribution in [2.24, 2.45) is 0 Å². The molecular formula is C15H18ClN3O. The van der Waals surface area contributed by atoms with E-state index in [1.54, 1.807) is 0 Å². The normalized spacial score (nSPS) is 17.5. The molecule has 106 valence electrons. The van der Waals surface area contributed by atoms with Gasteiger partial charge in [0.1, 0.15) is 0 Å². The predicted octanol–water partition coefficient (Wildman–Crippen LogP) is 3.28. The maximum absolute atomic E-state index is 5.86. The quantitative estimate of drug-likeness (QED) is 0.814. The van der Waals surface area contributed by atoms with Gasteiger partial charge in [-0.05, 0) is 50.7 Å². The van der Waals surface area contributed by atoms with Crippen molar-refractivity contribution in [3.8, 4) is 11.5 Å². The van der Waals surface area contributed by atoms with Crippen molar-refractivity contribution in [3.05, 3.63) is 35.7 Å². The minimum atomic E-state index is 0.417. The van der Waals surface area contributed by atoms with E-state index >= 15 is 0 Å². The minimum absolute atomic E-state index is 0.417. The van der Waals surface area contributed by atoms with Crippen molar-refractivity contribution >= 4 is 11.6 Å². The Labute approximate surface area is 123 Å². The summed E-state index contributed by atoms with van der Waals surface area (Å²) >= 11 is 5.86. The maximum atomic E-state index is 5.86. The molecule has 0 aliphatic carbocycles. The second-order valence-corrected chi connectivity index (χ2v) is 5.64. The zero-order valence-electron chi connectivity index (χ0n) is 11.6. The second-order valence-electron chi connectivity index (χ2n) is 5.37. The zero-order chi connectivity index (χ0) is 13.9. The summed E-state index contributed by atoms with van der Waals surface area (Å²) in [5, 5.41) is 4.16. The SMILES string of the molecule is CN1CCC(c2noc(-c3cccc(CCl)c3)n2)CC1. The number of hydrogen-bond acceptors (Lipinski definition) is 4. The lowest BCUT2D eigenvalue weighted by Gasteiger charge is -2.26. The van der Waals surface area contributed by atoms with Gasteiger partial charge in [0.2, 0.25) is 0 Å². The summed E-state index contributed by atoms with van der Waals surface area (Å²) in [7, 11) is 2.15. The third-order valence-electron chi connectivity index (χ3n) is 3.85. The minimum Gasteiger partial charge on any atom is -0.334 e. The Balaban J connectivity index is 1.79. The molecule has 0 unspecified atom stereocenters. The van der Waals surface area contributed by atoms with Gasteiger partial charge in [0, 0.05) is 17.4 Å². The van der Waals surface area contributed by atoms with Crippen molar-refractivity contribution in [3.63, 3.8) is 0 Å². The van der Waals surface area contributed by atoms with Crippen LogP contribution in [0, 0.1) is 0 Å². The van der Waals surface area contributed by atoms with Gasteiger partial charge in [-0.25, -0.2) is 0 Å². The van der Waals surface area contributed by atoms with Crippen LogP contribution in [-0.2, 0) is 5.88 Å². The van der Waals surface area contributed by atoms with Crippen LogP contribution >= 0.6 is 11.6 Å². The van der Waals surface area contributed by atoms with Gasteiger partial charge in [0.05, 0.1) is 0 Å². The van der Waals surface area contributed by atoms with E-state index in [1.165, 1.54) is 0 Å². The van der Waals surface area contributed by atoms with Crippen LogP contribution in [0.2, 0.25) is 0 Å². The van der Waals surface area contributed by atoms with Crippen LogP contribution in [0.5, 0.6) is 0 Å². The van der Waals surface area contributed by atoms with Crippen LogP contribution in [0.1, 0.15) is 30.1 Å². The number of hydrogen-bond donors (Lipinski definition) is 0. The van der Waals surface area contributed by atoms with Gasteiger partial charge in [-0.3, -0.25) is 0 Å². The Kier molecular flexibility index (Phi) is 4.03. The number of nitrogens with zero attached hydrogens (tertiary/aromatic N) is 3. The molecule has 0 saturated carbocycles.